The Hall–Kier alpha value is -1.32. The van der Waals surface area contributed by atoms with Crippen molar-refractivity contribution in [2.45, 2.75) is 18.9 Å². The number of nitrogens with one attached hydrogen (secondary N) is 1. The van der Waals surface area contributed by atoms with Crippen LogP contribution in [0.3, 0.4) is 0 Å². The highest BCUT2D eigenvalue weighted by molar-refractivity contribution is 5.92. The number of carbonyl (C=O) groups is 1. The first kappa shape index (κ1) is 6.39. The van der Waals surface area contributed by atoms with Crippen LogP contribution in [-0.2, 0) is 0 Å². The maximum Gasteiger partial charge on any atom is 0.273 e. The molecule has 0 aliphatic heterocycles. The largest absolute Gasteiger partial charge is 0.451 e. The molecular formula is C7H8N2O2. The molecule has 0 bridgehead atoms. The fourth-order valence-corrected chi connectivity index (χ4v) is 0.812. The molecule has 1 amide bonds. The van der Waals surface area contributed by atoms with Crippen LogP contribution < -0.4 is 5.32 Å². The second-order valence-corrected chi connectivity index (χ2v) is 2.62. The fourth-order valence-electron chi connectivity index (χ4n) is 0.812. The number of amides is 1. The highest BCUT2D eigenvalue weighted by atomic mass is 16.3. The second-order valence-electron chi connectivity index (χ2n) is 2.62. The molecule has 0 atom stereocenters. The van der Waals surface area contributed by atoms with Gasteiger partial charge in [-0.15, -0.1) is 0 Å². The molecule has 1 fully saturated rings. The quantitative estimate of drug-likeness (QED) is 0.673. The average molecular weight is 152 g/mol. The van der Waals surface area contributed by atoms with E-state index in [2.05, 4.69) is 14.7 Å². The van der Waals surface area contributed by atoms with Crippen molar-refractivity contribution >= 4 is 5.91 Å². The third-order valence-electron chi connectivity index (χ3n) is 1.58. The van der Waals surface area contributed by atoms with E-state index in [1.807, 2.05) is 0 Å². The third-order valence-corrected chi connectivity index (χ3v) is 1.58. The SMILES string of the molecule is O=C(NC1CC1)c1cocn1. The van der Waals surface area contributed by atoms with E-state index < -0.39 is 0 Å². The molecule has 1 aromatic rings. The maximum absolute atomic E-state index is 11.1. The van der Waals surface area contributed by atoms with Gasteiger partial charge in [-0.05, 0) is 12.8 Å². The number of hydrogen-bond acceptors (Lipinski definition) is 3. The van der Waals surface area contributed by atoms with Crippen LogP contribution in [0.2, 0.25) is 0 Å². The Kier molecular flexibility index (Phi) is 1.38. The molecule has 0 unspecified atom stereocenters. The summed E-state index contributed by atoms with van der Waals surface area (Å²) in [5, 5.41) is 2.79. The predicted octanol–water partition coefficient (Wildman–Crippen LogP) is 0.567. The number of carbonyl (C=O) groups excluding carboxylic acids is 1. The van der Waals surface area contributed by atoms with Gasteiger partial charge in [-0.25, -0.2) is 4.98 Å². The van der Waals surface area contributed by atoms with Gasteiger partial charge in [0.2, 0.25) is 0 Å². The predicted molar refractivity (Wildman–Crippen MR) is 37.0 cm³/mol. The topological polar surface area (TPSA) is 55.1 Å². The molecule has 11 heavy (non-hydrogen) atoms. The van der Waals surface area contributed by atoms with E-state index in [4.69, 9.17) is 0 Å². The molecule has 58 valence electrons. The van der Waals surface area contributed by atoms with Crippen molar-refractivity contribution in [2.24, 2.45) is 0 Å². The Bertz CT molecular complexity index is 251. The number of aromatic nitrogens is 1. The van der Waals surface area contributed by atoms with Crippen LogP contribution in [0, 0.1) is 0 Å². The zero-order valence-corrected chi connectivity index (χ0v) is 5.91. The highest BCUT2D eigenvalue weighted by Crippen LogP contribution is 2.18. The van der Waals surface area contributed by atoms with Gasteiger partial charge in [-0.2, -0.15) is 0 Å². The molecule has 2 rings (SSSR count). The lowest BCUT2D eigenvalue weighted by Crippen LogP contribution is -2.25. The Morgan fingerprint density at radius 2 is 2.55 bits per heavy atom. The molecule has 1 N–H and O–H groups in total. The lowest BCUT2D eigenvalue weighted by molar-refractivity contribution is 0.0946. The van der Waals surface area contributed by atoms with Gasteiger partial charge in [0.1, 0.15) is 6.26 Å². The first-order valence-electron chi connectivity index (χ1n) is 3.55. The van der Waals surface area contributed by atoms with Crippen molar-refractivity contribution in [3.05, 3.63) is 18.4 Å². The smallest absolute Gasteiger partial charge is 0.273 e. The number of oxazole rings is 1. The lowest BCUT2D eigenvalue weighted by Gasteiger charge is -1.96. The molecular weight excluding hydrogens is 144 g/mol. The Morgan fingerprint density at radius 1 is 1.73 bits per heavy atom. The molecule has 4 heteroatoms. The van der Waals surface area contributed by atoms with Crippen molar-refractivity contribution in [3.8, 4) is 0 Å². The number of nitrogens with zero attached hydrogens (tertiary/aromatic N) is 1. The van der Waals surface area contributed by atoms with Crippen LogP contribution in [0.1, 0.15) is 23.3 Å². The van der Waals surface area contributed by atoms with Crippen LogP contribution in [0.4, 0.5) is 0 Å². The Labute approximate surface area is 63.6 Å². The van der Waals surface area contributed by atoms with Crippen molar-refractivity contribution in [3.63, 3.8) is 0 Å². The summed E-state index contributed by atoms with van der Waals surface area (Å²) in [5.74, 6) is -0.138. The molecule has 1 aliphatic carbocycles. The van der Waals surface area contributed by atoms with Crippen LogP contribution >= 0.6 is 0 Å². The van der Waals surface area contributed by atoms with Crippen molar-refractivity contribution in [2.75, 3.05) is 0 Å². The molecule has 0 aromatic carbocycles. The maximum atomic E-state index is 11.1. The first-order valence-corrected chi connectivity index (χ1v) is 3.55. The normalized spacial score (nSPS) is 16.4. The second kappa shape index (κ2) is 2.38. The molecule has 1 saturated carbocycles. The van der Waals surface area contributed by atoms with Crippen LogP contribution in [-0.4, -0.2) is 16.9 Å². The minimum atomic E-state index is -0.138. The van der Waals surface area contributed by atoms with E-state index in [1.54, 1.807) is 0 Å². The minimum Gasteiger partial charge on any atom is -0.451 e. The Balaban J connectivity index is 1.99. The van der Waals surface area contributed by atoms with Gasteiger partial charge >= 0.3 is 0 Å². The third kappa shape index (κ3) is 1.39. The molecule has 1 aromatic heterocycles. The molecule has 0 saturated heterocycles. The highest BCUT2D eigenvalue weighted by Gasteiger charge is 2.24. The summed E-state index contributed by atoms with van der Waals surface area (Å²) in [4.78, 5) is 14.8. The van der Waals surface area contributed by atoms with E-state index in [9.17, 15) is 4.79 Å². The minimum absolute atomic E-state index is 0.138. The van der Waals surface area contributed by atoms with E-state index >= 15 is 0 Å². The van der Waals surface area contributed by atoms with Gasteiger partial charge in [0.15, 0.2) is 12.1 Å². The monoisotopic (exact) mass is 152 g/mol. The zero-order valence-electron chi connectivity index (χ0n) is 5.91. The summed E-state index contributed by atoms with van der Waals surface area (Å²) < 4.78 is 4.67. The van der Waals surface area contributed by atoms with Gasteiger partial charge in [-0.1, -0.05) is 0 Å². The zero-order chi connectivity index (χ0) is 7.68. The molecule has 1 aliphatic rings. The summed E-state index contributed by atoms with van der Waals surface area (Å²) in [6.07, 6.45) is 4.77. The van der Waals surface area contributed by atoms with E-state index in [-0.39, 0.29) is 5.91 Å². The molecule has 4 nitrogen and oxygen atoms in total. The van der Waals surface area contributed by atoms with Gasteiger partial charge in [0, 0.05) is 6.04 Å². The summed E-state index contributed by atoms with van der Waals surface area (Å²) in [6, 6.07) is 0.374. The summed E-state index contributed by atoms with van der Waals surface area (Å²) in [5.41, 5.74) is 0.358. The summed E-state index contributed by atoms with van der Waals surface area (Å²) in [7, 11) is 0. The van der Waals surface area contributed by atoms with Crippen LogP contribution in [0.5, 0.6) is 0 Å². The van der Waals surface area contributed by atoms with Crippen molar-refractivity contribution < 1.29 is 9.21 Å². The molecule has 0 spiro atoms. The van der Waals surface area contributed by atoms with Gasteiger partial charge in [0.25, 0.3) is 5.91 Å². The van der Waals surface area contributed by atoms with E-state index in [0.717, 1.165) is 12.8 Å². The first-order chi connectivity index (χ1) is 5.36. The van der Waals surface area contributed by atoms with Gasteiger partial charge < -0.3 is 9.73 Å². The average Bonchev–Trinajstić information content (AvgIpc) is 2.67. The number of hydrogen-bond donors (Lipinski definition) is 1. The summed E-state index contributed by atoms with van der Waals surface area (Å²) in [6.45, 7) is 0. The fraction of sp³-hybridized carbons (Fsp3) is 0.429. The molecule has 1 heterocycles. The van der Waals surface area contributed by atoms with Crippen LogP contribution in [0.25, 0.3) is 0 Å². The van der Waals surface area contributed by atoms with Gasteiger partial charge in [0.05, 0.1) is 0 Å². The van der Waals surface area contributed by atoms with E-state index in [1.165, 1.54) is 12.7 Å². The number of rotatable bonds is 2. The van der Waals surface area contributed by atoms with E-state index in [0.29, 0.717) is 11.7 Å². The molecule has 0 radical (unpaired) electrons. The van der Waals surface area contributed by atoms with Crippen LogP contribution in [0.15, 0.2) is 17.1 Å². The Morgan fingerprint density at radius 3 is 3.09 bits per heavy atom. The van der Waals surface area contributed by atoms with Crippen molar-refractivity contribution in [1.82, 2.24) is 10.3 Å². The van der Waals surface area contributed by atoms with Gasteiger partial charge in [-0.3, -0.25) is 4.79 Å². The summed E-state index contributed by atoms with van der Waals surface area (Å²) >= 11 is 0. The lowest BCUT2D eigenvalue weighted by atomic mass is 10.4. The standard InChI is InChI=1S/C7H8N2O2/c10-7(9-5-1-2-5)6-3-11-4-8-6/h3-5H,1-2H2,(H,9,10). The van der Waals surface area contributed by atoms with Crippen molar-refractivity contribution in [1.29, 1.82) is 0 Å².